The number of carbonyl (C=O) groups excluding carboxylic acids is 1. The van der Waals surface area contributed by atoms with E-state index in [9.17, 15) is 18.0 Å². The summed E-state index contributed by atoms with van der Waals surface area (Å²) < 4.78 is 41.2. The highest BCUT2D eigenvalue weighted by Gasteiger charge is 2.31. The number of nitrogens with one attached hydrogen (secondary N) is 2. The van der Waals surface area contributed by atoms with Gasteiger partial charge in [-0.05, 0) is 13.0 Å². The van der Waals surface area contributed by atoms with Crippen LogP contribution >= 0.6 is 0 Å². The van der Waals surface area contributed by atoms with Gasteiger partial charge < -0.3 is 20.3 Å². The summed E-state index contributed by atoms with van der Waals surface area (Å²) in [5.41, 5.74) is 0.283. The lowest BCUT2D eigenvalue weighted by atomic mass is 10.2. The SMILES string of the molecule is CCNC(=NCc1ccccc1OC(F)(F)F)NCC(=O)N(C)C. The molecule has 134 valence electrons. The van der Waals surface area contributed by atoms with Crippen molar-refractivity contribution < 1.29 is 22.7 Å². The number of guanidine groups is 1. The number of carbonyl (C=O) groups is 1. The average molecular weight is 346 g/mol. The number of aliphatic imine (C=N–C) groups is 1. The lowest BCUT2D eigenvalue weighted by Crippen LogP contribution is -2.42. The second-order valence-corrected chi connectivity index (χ2v) is 4.99. The maximum atomic E-state index is 12.4. The smallest absolute Gasteiger partial charge is 0.405 e. The van der Waals surface area contributed by atoms with Crippen molar-refractivity contribution >= 4 is 11.9 Å². The molecule has 0 aliphatic rings. The van der Waals surface area contributed by atoms with Gasteiger partial charge in [0.1, 0.15) is 5.75 Å². The lowest BCUT2D eigenvalue weighted by Gasteiger charge is -2.15. The summed E-state index contributed by atoms with van der Waals surface area (Å²) in [6.07, 6.45) is -4.76. The predicted octanol–water partition coefficient (Wildman–Crippen LogP) is 1.73. The Morgan fingerprint density at radius 2 is 1.92 bits per heavy atom. The molecule has 0 aliphatic carbocycles. The van der Waals surface area contributed by atoms with Crippen LogP contribution in [-0.4, -0.2) is 50.3 Å². The molecule has 0 saturated carbocycles. The van der Waals surface area contributed by atoms with Gasteiger partial charge in [-0.2, -0.15) is 0 Å². The number of para-hydroxylation sites is 1. The number of hydrogen-bond donors (Lipinski definition) is 2. The maximum absolute atomic E-state index is 12.4. The van der Waals surface area contributed by atoms with Crippen LogP contribution in [0.2, 0.25) is 0 Å². The number of benzene rings is 1. The standard InChI is InChI=1S/C15H21F3N4O2/c1-4-19-14(21-10-13(23)22(2)3)20-9-11-7-5-6-8-12(11)24-15(16,17)18/h5-8H,4,9-10H2,1-3H3,(H2,19,20,21). The highest BCUT2D eigenvalue weighted by atomic mass is 19.4. The Hall–Kier alpha value is -2.45. The van der Waals surface area contributed by atoms with E-state index in [1.165, 1.54) is 23.1 Å². The van der Waals surface area contributed by atoms with Crippen LogP contribution < -0.4 is 15.4 Å². The minimum atomic E-state index is -4.76. The quantitative estimate of drug-likeness (QED) is 0.608. The number of hydrogen-bond acceptors (Lipinski definition) is 3. The minimum Gasteiger partial charge on any atom is -0.405 e. The van der Waals surface area contributed by atoms with E-state index in [0.717, 1.165) is 0 Å². The van der Waals surface area contributed by atoms with Gasteiger partial charge in [0.05, 0.1) is 13.1 Å². The summed E-state index contributed by atoms with van der Waals surface area (Å²) in [5, 5.41) is 5.74. The van der Waals surface area contributed by atoms with E-state index in [-0.39, 0.29) is 30.3 Å². The molecule has 0 bridgehead atoms. The summed E-state index contributed by atoms with van der Waals surface area (Å²) in [7, 11) is 3.25. The first-order chi connectivity index (χ1) is 11.2. The molecule has 24 heavy (non-hydrogen) atoms. The highest BCUT2D eigenvalue weighted by Crippen LogP contribution is 2.26. The van der Waals surface area contributed by atoms with Crippen molar-refractivity contribution in [1.29, 1.82) is 0 Å². The number of ether oxygens (including phenoxy) is 1. The molecular weight excluding hydrogens is 325 g/mol. The van der Waals surface area contributed by atoms with Gasteiger partial charge in [-0.3, -0.25) is 4.79 Å². The fourth-order valence-corrected chi connectivity index (χ4v) is 1.68. The molecule has 6 nitrogen and oxygen atoms in total. The zero-order valence-corrected chi connectivity index (χ0v) is 13.8. The molecule has 9 heteroatoms. The number of likely N-dealkylation sites (N-methyl/N-ethyl adjacent to an activating group) is 1. The molecule has 0 aromatic heterocycles. The normalized spacial score (nSPS) is 11.8. The zero-order valence-electron chi connectivity index (χ0n) is 13.8. The highest BCUT2D eigenvalue weighted by molar-refractivity contribution is 5.86. The number of halogens is 3. The monoisotopic (exact) mass is 346 g/mol. The van der Waals surface area contributed by atoms with Crippen LogP contribution in [0.4, 0.5) is 13.2 Å². The summed E-state index contributed by atoms with van der Waals surface area (Å²) in [4.78, 5) is 17.2. The van der Waals surface area contributed by atoms with Crippen molar-refractivity contribution in [1.82, 2.24) is 15.5 Å². The molecule has 1 amide bonds. The van der Waals surface area contributed by atoms with Crippen LogP contribution in [-0.2, 0) is 11.3 Å². The molecule has 0 heterocycles. The van der Waals surface area contributed by atoms with Gasteiger partial charge in [-0.15, -0.1) is 13.2 Å². The second kappa shape index (κ2) is 8.99. The van der Waals surface area contributed by atoms with Crippen LogP contribution in [0.5, 0.6) is 5.75 Å². The van der Waals surface area contributed by atoms with E-state index < -0.39 is 6.36 Å². The molecule has 1 rings (SSSR count). The number of alkyl halides is 3. The van der Waals surface area contributed by atoms with Gasteiger partial charge in [-0.25, -0.2) is 4.99 Å². The van der Waals surface area contributed by atoms with E-state index in [1.807, 2.05) is 6.92 Å². The summed E-state index contributed by atoms with van der Waals surface area (Å²) >= 11 is 0. The van der Waals surface area contributed by atoms with Crippen molar-refractivity contribution in [3.8, 4) is 5.75 Å². The average Bonchev–Trinajstić information content (AvgIpc) is 2.49. The van der Waals surface area contributed by atoms with Crippen LogP contribution in [0.15, 0.2) is 29.3 Å². The van der Waals surface area contributed by atoms with Gasteiger partial charge in [0.25, 0.3) is 0 Å². The Kier molecular flexibility index (Phi) is 7.34. The Balaban J connectivity index is 2.81. The first-order valence-electron chi connectivity index (χ1n) is 7.29. The molecule has 1 aromatic rings. The molecule has 0 saturated heterocycles. The van der Waals surface area contributed by atoms with E-state index in [1.54, 1.807) is 20.2 Å². The van der Waals surface area contributed by atoms with Crippen molar-refractivity contribution in [3.05, 3.63) is 29.8 Å². The van der Waals surface area contributed by atoms with Crippen LogP contribution in [0.25, 0.3) is 0 Å². The molecule has 1 aromatic carbocycles. The molecule has 0 spiro atoms. The molecule has 0 aliphatic heterocycles. The van der Waals surface area contributed by atoms with Crippen LogP contribution in [0.3, 0.4) is 0 Å². The van der Waals surface area contributed by atoms with Gasteiger partial charge in [-0.1, -0.05) is 18.2 Å². The van der Waals surface area contributed by atoms with Crippen LogP contribution in [0.1, 0.15) is 12.5 Å². The summed E-state index contributed by atoms with van der Waals surface area (Å²) in [6, 6.07) is 5.78. The van der Waals surface area contributed by atoms with Gasteiger partial charge in [0.15, 0.2) is 5.96 Å². The second-order valence-electron chi connectivity index (χ2n) is 4.99. The first kappa shape index (κ1) is 19.6. The number of amides is 1. The zero-order chi connectivity index (χ0) is 18.2. The lowest BCUT2D eigenvalue weighted by molar-refractivity contribution is -0.274. The van der Waals surface area contributed by atoms with Crippen molar-refractivity contribution in [2.75, 3.05) is 27.2 Å². The molecule has 2 N–H and O–H groups in total. The molecular formula is C15H21F3N4O2. The van der Waals surface area contributed by atoms with E-state index in [4.69, 9.17) is 0 Å². The summed E-state index contributed by atoms with van der Waals surface area (Å²) in [6.45, 7) is 2.38. The van der Waals surface area contributed by atoms with Crippen molar-refractivity contribution in [3.63, 3.8) is 0 Å². The van der Waals surface area contributed by atoms with Crippen molar-refractivity contribution in [2.24, 2.45) is 4.99 Å². The van der Waals surface area contributed by atoms with E-state index >= 15 is 0 Å². The number of rotatable bonds is 6. The Morgan fingerprint density at radius 1 is 1.25 bits per heavy atom. The Morgan fingerprint density at radius 3 is 2.50 bits per heavy atom. The Bertz CT molecular complexity index is 574. The van der Waals surface area contributed by atoms with Gasteiger partial charge in [0.2, 0.25) is 5.91 Å². The predicted molar refractivity (Wildman–Crippen MR) is 84.6 cm³/mol. The van der Waals surface area contributed by atoms with Crippen LogP contribution in [0, 0.1) is 0 Å². The minimum absolute atomic E-state index is 0.0273. The topological polar surface area (TPSA) is 66.0 Å². The fourth-order valence-electron chi connectivity index (χ4n) is 1.68. The Labute approximate surface area is 138 Å². The molecule has 0 atom stereocenters. The van der Waals surface area contributed by atoms with Crippen molar-refractivity contribution in [2.45, 2.75) is 19.8 Å². The molecule has 0 radical (unpaired) electrons. The summed E-state index contributed by atoms with van der Waals surface area (Å²) in [5.74, 6) is -0.120. The van der Waals surface area contributed by atoms with Gasteiger partial charge >= 0.3 is 6.36 Å². The maximum Gasteiger partial charge on any atom is 0.573 e. The number of nitrogens with zero attached hydrogens (tertiary/aromatic N) is 2. The third kappa shape index (κ3) is 7.21. The third-order valence-electron chi connectivity index (χ3n) is 2.86. The molecule has 0 unspecified atom stereocenters. The first-order valence-corrected chi connectivity index (χ1v) is 7.29. The fraction of sp³-hybridized carbons (Fsp3) is 0.467. The van der Waals surface area contributed by atoms with E-state index in [2.05, 4.69) is 20.4 Å². The van der Waals surface area contributed by atoms with Gasteiger partial charge in [0, 0.05) is 26.2 Å². The molecule has 0 fully saturated rings. The van der Waals surface area contributed by atoms with E-state index in [0.29, 0.717) is 12.5 Å². The third-order valence-corrected chi connectivity index (χ3v) is 2.86. The largest absolute Gasteiger partial charge is 0.573 e.